The van der Waals surface area contributed by atoms with E-state index >= 15 is 0 Å². The van der Waals surface area contributed by atoms with E-state index in [1.807, 2.05) is 13.0 Å². The van der Waals surface area contributed by atoms with Gasteiger partial charge in [0.25, 0.3) is 0 Å². The van der Waals surface area contributed by atoms with Gasteiger partial charge >= 0.3 is 6.03 Å². The molecule has 1 atom stereocenters. The Morgan fingerprint density at radius 3 is 2.84 bits per heavy atom. The van der Waals surface area contributed by atoms with Gasteiger partial charge in [0.05, 0.1) is 5.71 Å². The third kappa shape index (κ3) is 3.90. The van der Waals surface area contributed by atoms with E-state index in [4.69, 9.17) is 0 Å². The molecular formula is C17H18N4O4. The van der Waals surface area contributed by atoms with Crippen molar-refractivity contribution in [2.75, 3.05) is 13.1 Å². The van der Waals surface area contributed by atoms with Crippen LogP contribution in [0.25, 0.3) is 0 Å². The lowest BCUT2D eigenvalue weighted by Crippen LogP contribution is -2.49. The summed E-state index contributed by atoms with van der Waals surface area (Å²) in [4.78, 5) is 51.7. The van der Waals surface area contributed by atoms with Crippen LogP contribution < -0.4 is 10.6 Å². The average Bonchev–Trinajstić information content (AvgIpc) is 2.53. The van der Waals surface area contributed by atoms with Gasteiger partial charge in [-0.3, -0.25) is 19.7 Å². The molecular weight excluding hydrogens is 324 g/mol. The van der Waals surface area contributed by atoms with Gasteiger partial charge in [-0.25, -0.2) is 9.79 Å². The highest BCUT2D eigenvalue weighted by molar-refractivity contribution is 6.11. The third-order valence-electron chi connectivity index (χ3n) is 4.21. The predicted molar refractivity (Wildman–Crippen MR) is 89.4 cm³/mol. The smallest absolute Gasteiger partial charge is 0.324 e. The van der Waals surface area contributed by atoms with E-state index in [1.165, 1.54) is 4.90 Å². The second-order valence-corrected chi connectivity index (χ2v) is 6.08. The number of hydrogen-bond donors (Lipinski definition) is 2. The molecule has 3 rings (SSSR count). The molecule has 1 unspecified atom stereocenters. The van der Waals surface area contributed by atoms with Crippen LogP contribution in [0, 0.1) is 5.92 Å². The predicted octanol–water partition coefficient (Wildman–Crippen LogP) is 0.432. The summed E-state index contributed by atoms with van der Waals surface area (Å²) in [6.45, 7) is 2.39. The molecule has 8 nitrogen and oxygen atoms in total. The van der Waals surface area contributed by atoms with Gasteiger partial charge in [-0.15, -0.1) is 0 Å². The normalized spacial score (nSPS) is 24.4. The van der Waals surface area contributed by atoms with Gasteiger partial charge < -0.3 is 10.2 Å². The molecule has 0 spiro atoms. The van der Waals surface area contributed by atoms with Gasteiger partial charge in [0.15, 0.2) is 0 Å². The molecule has 0 aromatic rings. The molecule has 5 amide bonds. The van der Waals surface area contributed by atoms with Crippen molar-refractivity contribution in [1.29, 1.82) is 0 Å². The molecule has 8 heteroatoms. The van der Waals surface area contributed by atoms with Crippen LogP contribution >= 0.6 is 0 Å². The first-order chi connectivity index (χ1) is 11.9. The summed E-state index contributed by atoms with van der Waals surface area (Å²) in [6.07, 6.45) is 7.16. The molecule has 0 aromatic carbocycles. The first kappa shape index (κ1) is 16.8. The monoisotopic (exact) mass is 342 g/mol. The maximum atomic E-state index is 12.0. The quantitative estimate of drug-likeness (QED) is 0.775. The molecule has 2 N–H and O–H groups in total. The van der Waals surface area contributed by atoms with Crippen molar-refractivity contribution < 1.29 is 19.2 Å². The van der Waals surface area contributed by atoms with Crippen LogP contribution in [-0.2, 0) is 14.4 Å². The molecule has 130 valence electrons. The van der Waals surface area contributed by atoms with E-state index in [1.54, 1.807) is 18.2 Å². The van der Waals surface area contributed by atoms with Crippen molar-refractivity contribution in [3.63, 3.8) is 0 Å². The largest absolute Gasteiger partial charge is 0.325 e. The highest BCUT2D eigenvalue weighted by Gasteiger charge is 2.25. The van der Waals surface area contributed by atoms with E-state index in [-0.39, 0.29) is 43.0 Å². The molecule has 1 fully saturated rings. The SMILES string of the molecule is CC1=CC(=O)NC2=CC(=NC(=O)CCN3CCC(=O)NC3=O)C=CC12. The third-order valence-corrected chi connectivity index (χ3v) is 4.21. The van der Waals surface area contributed by atoms with E-state index in [2.05, 4.69) is 15.6 Å². The zero-order valence-electron chi connectivity index (χ0n) is 13.7. The Bertz CT molecular complexity index is 776. The number of hydrogen-bond acceptors (Lipinski definition) is 4. The van der Waals surface area contributed by atoms with Crippen molar-refractivity contribution in [3.05, 3.63) is 35.6 Å². The summed E-state index contributed by atoms with van der Waals surface area (Å²) in [5.41, 5.74) is 2.10. The fourth-order valence-electron chi connectivity index (χ4n) is 2.89. The molecule has 2 heterocycles. The summed E-state index contributed by atoms with van der Waals surface area (Å²) in [6, 6.07) is -0.480. The van der Waals surface area contributed by atoms with Crippen LogP contribution in [0.5, 0.6) is 0 Å². The zero-order valence-corrected chi connectivity index (χ0v) is 13.7. The van der Waals surface area contributed by atoms with Crippen LogP contribution in [0.15, 0.2) is 40.6 Å². The highest BCUT2D eigenvalue weighted by Crippen LogP contribution is 2.26. The topological polar surface area (TPSA) is 108 Å². The number of amides is 5. The number of aliphatic imine (C=N–C) groups is 1. The summed E-state index contributed by atoms with van der Waals surface area (Å²) in [5.74, 6) is -0.859. The van der Waals surface area contributed by atoms with E-state index < -0.39 is 6.03 Å². The molecule has 3 aliphatic rings. The summed E-state index contributed by atoms with van der Waals surface area (Å²) in [5, 5.41) is 4.96. The maximum absolute atomic E-state index is 12.0. The zero-order chi connectivity index (χ0) is 18.0. The summed E-state index contributed by atoms with van der Waals surface area (Å²) in [7, 11) is 0. The van der Waals surface area contributed by atoms with Crippen LogP contribution in [0.2, 0.25) is 0 Å². The molecule has 0 saturated carbocycles. The van der Waals surface area contributed by atoms with Crippen molar-refractivity contribution in [2.45, 2.75) is 19.8 Å². The molecule has 1 aliphatic carbocycles. The highest BCUT2D eigenvalue weighted by atomic mass is 16.2. The number of rotatable bonds is 3. The fraction of sp³-hybridized carbons (Fsp3) is 0.353. The minimum absolute atomic E-state index is 0.00124. The number of nitrogens with zero attached hydrogens (tertiary/aromatic N) is 2. The van der Waals surface area contributed by atoms with Crippen LogP contribution in [0.3, 0.4) is 0 Å². The van der Waals surface area contributed by atoms with Crippen molar-refractivity contribution in [3.8, 4) is 0 Å². The van der Waals surface area contributed by atoms with Gasteiger partial charge in [0, 0.05) is 43.6 Å². The van der Waals surface area contributed by atoms with Gasteiger partial charge in [-0.1, -0.05) is 11.6 Å². The lowest BCUT2D eigenvalue weighted by Gasteiger charge is -2.26. The molecule has 0 bridgehead atoms. The number of allylic oxidation sites excluding steroid dienone is 3. The summed E-state index contributed by atoms with van der Waals surface area (Å²) >= 11 is 0. The van der Waals surface area contributed by atoms with Gasteiger partial charge in [-0.05, 0) is 19.1 Å². The first-order valence-electron chi connectivity index (χ1n) is 8.01. The fourth-order valence-corrected chi connectivity index (χ4v) is 2.89. The van der Waals surface area contributed by atoms with E-state index in [0.29, 0.717) is 18.0 Å². The Labute approximate surface area is 144 Å². The minimum Gasteiger partial charge on any atom is -0.325 e. The lowest BCUT2D eigenvalue weighted by atomic mass is 9.89. The lowest BCUT2D eigenvalue weighted by molar-refractivity contribution is -0.121. The Kier molecular flexibility index (Phi) is 4.60. The Morgan fingerprint density at radius 2 is 2.08 bits per heavy atom. The van der Waals surface area contributed by atoms with E-state index in [9.17, 15) is 19.2 Å². The van der Waals surface area contributed by atoms with Gasteiger partial charge in [0.1, 0.15) is 0 Å². The number of fused-ring (bicyclic) bond motifs is 1. The molecule has 25 heavy (non-hydrogen) atoms. The maximum Gasteiger partial charge on any atom is 0.324 e. The number of carbonyl (C=O) groups is 4. The standard InChI is InChI=1S/C17H18N4O4/c1-10-8-16(24)19-13-9-11(2-3-12(10)13)18-14(22)4-6-21-7-5-15(23)20-17(21)25/h2-3,8-9,12H,4-7H2,1H3,(H,19,24)(H,20,23,25). The van der Waals surface area contributed by atoms with Crippen molar-refractivity contribution in [1.82, 2.24) is 15.5 Å². The number of urea groups is 1. The summed E-state index contributed by atoms with van der Waals surface area (Å²) < 4.78 is 0. The van der Waals surface area contributed by atoms with Crippen LogP contribution in [-0.4, -0.2) is 47.5 Å². The second kappa shape index (κ2) is 6.84. The number of nitrogens with one attached hydrogen (secondary N) is 2. The van der Waals surface area contributed by atoms with Crippen LogP contribution in [0.1, 0.15) is 19.8 Å². The van der Waals surface area contributed by atoms with Crippen LogP contribution in [0.4, 0.5) is 4.79 Å². The first-order valence-corrected chi connectivity index (χ1v) is 8.01. The molecule has 0 radical (unpaired) electrons. The Balaban J connectivity index is 1.60. The van der Waals surface area contributed by atoms with Crippen molar-refractivity contribution in [2.24, 2.45) is 10.9 Å². The number of imide groups is 1. The van der Waals surface area contributed by atoms with Crippen molar-refractivity contribution >= 4 is 29.5 Å². The Hall–Kier alpha value is -3.03. The van der Waals surface area contributed by atoms with Gasteiger partial charge in [-0.2, -0.15) is 0 Å². The Morgan fingerprint density at radius 1 is 1.28 bits per heavy atom. The molecule has 1 saturated heterocycles. The second-order valence-electron chi connectivity index (χ2n) is 6.08. The number of carbonyl (C=O) groups excluding carboxylic acids is 4. The minimum atomic E-state index is -0.480. The van der Waals surface area contributed by atoms with Gasteiger partial charge in [0.2, 0.25) is 17.7 Å². The van der Waals surface area contributed by atoms with E-state index in [0.717, 1.165) is 5.57 Å². The molecule has 2 aliphatic heterocycles. The molecule has 0 aromatic heterocycles. The average molecular weight is 342 g/mol.